The molecular weight excluding hydrogens is 180 g/mol. The maximum Gasteiger partial charge on any atom is 0.0198 e. The van der Waals surface area contributed by atoms with Crippen molar-refractivity contribution in [1.29, 1.82) is 0 Å². The van der Waals surface area contributed by atoms with Crippen LogP contribution in [0.25, 0.3) is 0 Å². The van der Waals surface area contributed by atoms with Gasteiger partial charge in [0.1, 0.15) is 0 Å². The van der Waals surface area contributed by atoms with Crippen molar-refractivity contribution in [2.75, 3.05) is 25.4 Å². The highest BCUT2D eigenvalue weighted by Crippen LogP contribution is 2.24. The van der Waals surface area contributed by atoms with Crippen LogP contribution in [0.5, 0.6) is 0 Å². The molecule has 1 aliphatic rings. The first kappa shape index (κ1) is 11.3. The maximum absolute atomic E-state index is 5.80. The summed E-state index contributed by atoms with van der Waals surface area (Å²) in [6.45, 7) is 10.2. The van der Waals surface area contributed by atoms with Crippen LogP contribution in [0.2, 0.25) is 0 Å². The highest BCUT2D eigenvalue weighted by Gasteiger charge is 2.22. The smallest absolute Gasteiger partial charge is 0.0198 e. The van der Waals surface area contributed by atoms with Crippen LogP contribution in [0.1, 0.15) is 20.8 Å². The molecule has 0 aromatic rings. The Hall–Kier alpha value is 0.270. The van der Waals surface area contributed by atoms with Crippen molar-refractivity contribution in [3.05, 3.63) is 0 Å². The maximum atomic E-state index is 5.80. The molecular formula is C10H22N2S. The minimum atomic E-state index is 0.316. The summed E-state index contributed by atoms with van der Waals surface area (Å²) in [5.74, 6) is 2.07. The van der Waals surface area contributed by atoms with E-state index in [1.165, 1.54) is 18.8 Å². The molecule has 0 saturated carbocycles. The normalized spacial score (nSPS) is 27.9. The van der Waals surface area contributed by atoms with Gasteiger partial charge in [-0.1, -0.05) is 13.8 Å². The fourth-order valence-electron chi connectivity index (χ4n) is 1.71. The molecule has 0 aliphatic carbocycles. The molecule has 1 aliphatic heterocycles. The van der Waals surface area contributed by atoms with Gasteiger partial charge in [-0.15, -0.1) is 0 Å². The molecule has 0 spiro atoms. The van der Waals surface area contributed by atoms with E-state index in [2.05, 4.69) is 37.4 Å². The quantitative estimate of drug-likeness (QED) is 0.750. The second kappa shape index (κ2) is 5.23. The predicted octanol–water partition coefficient (Wildman–Crippen LogP) is 1.41. The molecule has 1 saturated heterocycles. The molecule has 2 N–H and O–H groups in total. The van der Waals surface area contributed by atoms with Crippen molar-refractivity contribution in [3.8, 4) is 0 Å². The molecule has 0 aromatic heterocycles. The second-order valence-corrected chi connectivity index (χ2v) is 5.74. The summed E-state index contributed by atoms with van der Waals surface area (Å²) in [4.78, 5) is 2.51. The topological polar surface area (TPSA) is 29.3 Å². The lowest BCUT2D eigenvalue weighted by atomic mass is 10.1. The van der Waals surface area contributed by atoms with Gasteiger partial charge in [-0.25, -0.2) is 0 Å². The van der Waals surface area contributed by atoms with Crippen LogP contribution in [0, 0.1) is 5.92 Å². The van der Waals surface area contributed by atoms with Crippen molar-refractivity contribution < 1.29 is 0 Å². The van der Waals surface area contributed by atoms with Gasteiger partial charge < -0.3 is 5.73 Å². The number of hydrogen-bond acceptors (Lipinski definition) is 3. The van der Waals surface area contributed by atoms with E-state index in [4.69, 9.17) is 5.73 Å². The Morgan fingerprint density at radius 1 is 1.46 bits per heavy atom. The van der Waals surface area contributed by atoms with Gasteiger partial charge in [-0.3, -0.25) is 4.90 Å². The predicted molar refractivity (Wildman–Crippen MR) is 61.2 cm³/mol. The molecule has 2 nitrogen and oxygen atoms in total. The Bertz CT molecular complexity index is 148. The van der Waals surface area contributed by atoms with Crippen LogP contribution < -0.4 is 5.73 Å². The summed E-state index contributed by atoms with van der Waals surface area (Å²) in [5, 5.41) is 0.812. The van der Waals surface area contributed by atoms with E-state index >= 15 is 0 Å². The number of nitrogens with two attached hydrogens (primary N) is 1. The summed E-state index contributed by atoms with van der Waals surface area (Å²) in [5.41, 5.74) is 5.80. The zero-order chi connectivity index (χ0) is 9.84. The lowest BCUT2D eigenvalue weighted by Crippen LogP contribution is -2.44. The van der Waals surface area contributed by atoms with Crippen LogP contribution in [-0.2, 0) is 0 Å². The zero-order valence-electron chi connectivity index (χ0n) is 8.99. The van der Waals surface area contributed by atoms with Crippen LogP contribution in [0.15, 0.2) is 0 Å². The molecule has 13 heavy (non-hydrogen) atoms. The van der Waals surface area contributed by atoms with Gasteiger partial charge in [0.2, 0.25) is 0 Å². The van der Waals surface area contributed by atoms with Gasteiger partial charge in [0, 0.05) is 36.7 Å². The average molecular weight is 202 g/mol. The molecule has 2 atom stereocenters. The molecule has 3 heteroatoms. The Balaban J connectivity index is 2.33. The van der Waals surface area contributed by atoms with Gasteiger partial charge in [0.15, 0.2) is 0 Å². The van der Waals surface area contributed by atoms with E-state index in [1.54, 1.807) is 0 Å². The minimum absolute atomic E-state index is 0.316. The molecule has 1 rings (SSSR count). The van der Waals surface area contributed by atoms with E-state index in [1.807, 2.05) is 0 Å². The van der Waals surface area contributed by atoms with Crippen LogP contribution >= 0.6 is 11.8 Å². The number of thioether (sulfide) groups is 1. The third kappa shape index (κ3) is 3.88. The third-order valence-corrected chi connectivity index (χ3v) is 4.01. The first-order chi connectivity index (χ1) is 6.09. The largest absolute Gasteiger partial charge is 0.327 e. The van der Waals surface area contributed by atoms with E-state index in [-0.39, 0.29) is 0 Å². The van der Waals surface area contributed by atoms with Gasteiger partial charge in [0.25, 0.3) is 0 Å². The summed E-state index contributed by atoms with van der Waals surface area (Å²) >= 11 is 2.12. The fraction of sp³-hybridized carbons (Fsp3) is 1.00. The standard InChI is InChI=1S/C10H22N2S/c1-8(2)10-7-12(4-5-13-10)6-9(3)11/h8-10H,4-7,11H2,1-3H3. The van der Waals surface area contributed by atoms with E-state index in [0.717, 1.165) is 17.7 Å². The Morgan fingerprint density at radius 2 is 2.15 bits per heavy atom. The van der Waals surface area contributed by atoms with Gasteiger partial charge in [-0.2, -0.15) is 11.8 Å². The van der Waals surface area contributed by atoms with Crippen molar-refractivity contribution in [2.24, 2.45) is 11.7 Å². The molecule has 0 aromatic carbocycles. The highest BCUT2D eigenvalue weighted by atomic mass is 32.2. The Kier molecular flexibility index (Phi) is 4.56. The molecule has 1 heterocycles. The number of rotatable bonds is 3. The van der Waals surface area contributed by atoms with Crippen molar-refractivity contribution in [2.45, 2.75) is 32.1 Å². The Labute approximate surface area is 86.2 Å². The molecule has 0 amide bonds. The third-order valence-electron chi connectivity index (χ3n) is 2.47. The van der Waals surface area contributed by atoms with E-state index in [0.29, 0.717) is 6.04 Å². The van der Waals surface area contributed by atoms with Gasteiger partial charge in [-0.05, 0) is 12.8 Å². The summed E-state index contributed by atoms with van der Waals surface area (Å²) in [6, 6.07) is 0.316. The molecule has 0 radical (unpaired) electrons. The SMILES string of the molecule is CC(N)CN1CCSC(C(C)C)C1. The fourth-order valence-corrected chi connectivity index (χ4v) is 3.08. The van der Waals surface area contributed by atoms with Gasteiger partial charge >= 0.3 is 0 Å². The van der Waals surface area contributed by atoms with Gasteiger partial charge in [0.05, 0.1) is 0 Å². The molecule has 2 unspecified atom stereocenters. The molecule has 1 fully saturated rings. The highest BCUT2D eigenvalue weighted by molar-refractivity contribution is 8.00. The summed E-state index contributed by atoms with van der Waals surface area (Å²) in [6.07, 6.45) is 0. The van der Waals surface area contributed by atoms with Crippen LogP contribution in [0.3, 0.4) is 0 Å². The van der Waals surface area contributed by atoms with Crippen LogP contribution in [-0.4, -0.2) is 41.6 Å². The zero-order valence-corrected chi connectivity index (χ0v) is 9.81. The average Bonchev–Trinajstić information content (AvgIpc) is 2.03. The molecule has 0 bridgehead atoms. The number of hydrogen-bond donors (Lipinski definition) is 1. The Morgan fingerprint density at radius 3 is 2.69 bits per heavy atom. The van der Waals surface area contributed by atoms with Crippen molar-refractivity contribution in [1.82, 2.24) is 4.90 Å². The lowest BCUT2D eigenvalue weighted by Gasteiger charge is -2.35. The van der Waals surface area contributed by atoms with Crippen LogP contribution in [0.4, 0.5) is 0 Å². The van der Waals surface area contributed by atoms with E-state index < -0.39 is 0 Å². The van der Waals surface area contributed by atoms with E-state index in [9.17, 15) is 0 Å². The number of nitrogens with zero attached hydrogens (tertiary/aromatic N) is 1. The first-order valence-corrected chi connectivity index (χ1v) is 6.24. The first-order valence-electron chi connectivity index (χ1n) is 5.19. The van der Waals surface area contributed by atoms with Crippen molar-refractivity contribution >= 4 is 11.8 Å². The summed E-state index contributed by atoms with van der Waals surface area (Å²) in [7, 11) is 0. The minimum Gasteiger partial charge on any atom is -0.327 e. The second-order valence-electron chi connectivity index (χ2n) is 4.39. The van der Waals surface area contributed by atoms with Crippen molar-refractivity contribution in [3.63, 3.8) is 0 Å². The molecule has 78 valence electrons. The monoisotopic (exact) mass is 202 g/mol. The lowest BCUT2D eigenvalue weighted by molar-refractivity contribution is 0.257. The summed E-state index contributed by atoms with van der Waals surface area (Å²) < 4.78 is 0.